The van der Waals surface area contributed by atoms with Crippen LogP contribution >= 0.6 is 23.2 Å². The van der Waals surface area contributed by atoms with Crippen molar-refractivity contribution in [2.45, 2.75) is 38.0 Å². The lowest BCUT2D eigenvalue weighted by molar-refractivity contribution is -0.154. The van der Waals surface area contributed by atoms with E-state index in [9.17, 15) is 27.6 Å². The molecule has 5 rings (SSSR count). The Balaban J connectivity index is 1.40. The zero-order valence-electron chi connectivity index (χ0n) is 23.3. The zero-order chi connectivity index (χ0) is 31.1. The van der Waals surface area contributed by atoms with Gasteiger partial charge in [0.15, 0.2) is 5.78 Å². The van der Waals surface area contributed by atoms with E-state index in [4.69, 9.17) is 27.4 Å². The van der Waals surface area contributed by atoms with E-state index < -0.39 is 52.0 Å². The highest BCUT2D eigenvalue weighted by Gasteiger charge is 2.52. The Bertz CT molecular complexity index is 1710. The first-order valence-corrected chi connectivity index (χ1v) is 15.8. The molecule has 3 atom stereocenters. The highest BCUT2D eigenvalue weighted by molar-refractivity contribution is 7.87. The van der Waals surface area contributed by atoms with Crippen LogP contribution in [0, 0.1) is 24.7 Å². The SMILES string of the molecule is Cc1ccc(S(=O)(=O)Oc2ccc(C(=O)CN(C(=O)c3ccc(Cl)c(Cl)c3)N3C(=O)[C@H]4C[C@@H](C)CC[C@H]4C3=O)cc2)cc1. The Morgan fingerprint density at radius 2 is 1.51 bits per heavy atom. The number of benzene rings is 3. The number of Topliss-reactive ketones (excluding diaryl/α,β-unsaturated/α-hetero) is 1. The fourth-order valence-corrected chi connectivity index (χ4v) is 6.65. The number of nitrogens with zero attached hydrogens (tertiary/aromatic N) is 2. The van der Waals surface area contributed by atoms with Gasteiger partial charge in [-0.1, -0.05) is 47.8 Å². The molecule has 3 aromatic rings. The molecule has 12 heteroatoms. The number of imide groups is 1. The predicted molar refractivity (Wildman–Crippen MR) is 159 cm³/mol. The molecule has 1 heterocycles. The largest absolute Gasteiger partial charge is 0.379 e. The summed E-state index contributed by atoms with van der Waals surface area (Å²) in [4.78, 5) is 54.1. The number of aryl methyl sites for hydroxylation is 1. The minimum atomic E-state index is -4.11. The number of rotatable bonds is 8. The summed E-state index contributed by atoms with van der Waals surface area (Å²) in [7, 11) is -4.11. The molecule has 3 aromatic carbocycles. The summed E-state index contributed by atoms with van der Waals surface area (Å²) in [5.41, 5.74) is 1.03. The minimum absolute atomic E-state index is 0.0235. The minimum Gasteiger partial charge on any atom is -0.379 e. The number of hydrogen-bond donors (Lipinski definition) is 0. The number of fused-ring (bicyclic) bond motifs is 1. The number of carbonyl (C=O) groups excluding carboxylic acids is 4. The van der Waals surface area contributed by atoms with Gasteiger partial charge in [0.25, 0.3) is 17.7 Å². The molecule has 0 radical (unpaired) electrons. The number of carbonyl (C=O) groups is 4. The lowest BCUT2D eigenvalue weighted by atomic mass is 9.76. The van der Waals surface area contributed by atoms with Crippen molar-refractivity contribution in [2.75, 3.05) is 6.54 Å². The van der Waals surface area contributed by atoms with Crippen molar-refractivity contribution >= 4 is 56.8 Å². The van der Waals surface area contributed by atoms with Gasteiger partial charge in [-0.2, -0.15) is 13.4 Å². The van der Waals surface area contributed by atoms with Crippen LogP contribution in [0.2, 0.25) is 10.0 Å². The van der Waals surface area contributed by atoms with Gasteiger partial charge in [-0.15, -0.1) is 0 Å². The normalized spacial score (nSPS) is 20.1. The molecule has 0 aromatic heterocycles. The standard InChI is InChI=1S/C31H28Cl2N2O7S/c1-18-3-11-23(12-4-18)43(40,41)42-22-9-6-20(7-10-22)28(36)17-34(29(37)21-8-14-26(32)27(33)16-21)35-30(38)24-13-5-19(2)15-25(24)31(35)39/h3-4,6-12,14,16,19,24-25H,5,13,15,17H2,1-2H3/t19-,24+,25-/m0/s1. The van der Waals surface area contributed by atoms with E-state index in [0.29, 0.717) is 12.8 Å². The molecule has 0 unspecified atom stereocenters. The van der Waals surface area contributed by atoms with Gasteiger partial charge >= 0.3 is 10.1 Å². The quantitative estimate of drug-likeness (QED) is 0.175. The lowest BCUT2D eigenvalue weighted by Crippen LogP contribution is -2.52. The Labute approximate surface area is 259 Å². The fourth-order valence-electron chi connectivity index (χ4n) is 5.43. The van der Waals surface area contributed by atoms with Crippen molar-refractivity contribution < 1.29 is 31.8 Å². The van der Waals surface area contributed by atoms with Crippen LogP contribution in [0.5, 0.6) is 5.75 Å². The Morgan fingerprint density at radius 1 is 0.884 bits per heavy atom. The molecule has 0 bridgehead atoms. The first-order valence-electron chi connectivity index (χ1n) is 13.6. The number of hydrogen-bond acceptors (Lipinski definition) is 7. The topological polar surface area (TPSA) is 118 Å². The van der Waals surface area contributed by atoms with E-state index in [-0.39, 0.29) is 37.7 Å². The third-order valence-electron chi connectivity index (χ3n) is 7.79. The summed E-state index contributed by atoms with van der Waals surface area (Å²) < 4.78 is 30.5. The molecular formula is C31H28Cl2N2O7S. The summed E-state index contributed by atoms with van der Waals surface area (Å²) in [6, 6.07) is 15.6. The zero-order valence-corrected chi connectivity index (χ0v) is 25.7. The van der Waals surface area contributed by atoms with Crippen LogP contribution in [0.25, 0.3) is 0 Å². The molecule has 1 aliphatic heterocycles. The van der Waals surface area contributed by atoms with Crippen LogP contribution in [-0.2, 0) is 19.7 Å². The molecule has 2 aliphatic rings. The first kappa shape index (κ1) is 30.7. The van der Waals surface area contributed by atoms with Gasteiger partial charge in [-0.05, 0) is 86.7 Å². The maximum Gasteiger partial charge on any atom is 0.339 e. The average Bonchev–Trinajstić information content (AvgIpc) is 3.21. The van der Waals surface area contributed by atoms with Crippen molar-refractivity contribution in [3.8, 4) is 5.75 Å². The summed E-state index contributed by atoms with van der Waals surface area (Å²) >= 11 is 12.1. The van der Waals surface area contributed by atoms with Gasteiger partial charge in [-0.25, -0.2) is 5.01 Å². The van der Waals surface area contributed by atoms with E-state index in [2.05, 4.69) is 0 Å². The van der Waals surface area contributed by atoms with E-state index in [1.807, 2.05) is 13.8 Å². The second-order valence-corrected chi connectivity index (χ2v) is 13.3. The fraction of sp³-hybridized carbons (Fsp3) is 0.290. The Morgan fingerprint density at radius 3 is 2.16 bits per heavy atom. The van der Waals surface area contributed by atoms with Crippen LogP contribution in [0.4, 0.5) is 0 Å². The summed E-state index contributed by atoms with van der Waals surface area (Å²) in [5.74, 6) is -3.31. The Kier molecular flexibility index (Phi) is 8.65. The van der Waals surface area contributed by atoms with E-state index in [0.717, 1.165) is 22.0 Å². The van der Waals surface area contributed by atoms with Crippen molar-refractivity contribution in [1.82, 2.24) is 10.0 Å². The monoisotopic (exact) mass is 642 g/mol. The molecule has 1 saturated heterocycles. The molecule has 0 N–H and O–H groups in total. The van der Waals surface area contributed by atoms with E-state index in [1.165, 1.54) is 54.6 Å². The molecule has 2 fully saturated rings. The smallest absolute Gasteiger partial charge is 0.339 e. The van der Waals surface area contributed by atoms with Gasteiger partial charge in [0, 0.05) is 11.1 Å². The lowest BCUT2D eigenvalue weighted by Gasteiger charge is -2.30. The summed E-state index contributed by atoms with van der Waals surface area (Å²) in [6.07, 6.45) is 1.81. The summed E-state index contributed by atoms with van der Waals surface area (Å²) in [5, 5.41) is 1.97. The number of hydrazine groups is 1. The molecule has 43 heavy (non-hydrogen) atoms. The van der Waals surface area contributed by atoms with Crippen LogP contribution in [0.3, 0.4) is 0 Å². The molecule has 1 aliphatic carbocycles. The maximum absolute atomic E-state index is 13.7. The second-order valence-electron chi connectivity index (χ2n) is 10.9. The second kappa shape index (κ2) is 12.1. The van der Waals surface area contributed by atoms with Crippen molar-refractivity contribution in [3.05, 3.63) is 93.5 Å². The molecule has 3 amide bonds. The maximum atomic E-state index is 13.7. The number of ketones is 1. The van der Waals surface area contributed by atoms with Crippen LogP contribution in [-0.4, -0.2) is 48.5 Å². The van der Waals surface area contributed by atoms with Crippen LogP contribution in [0.1, 0.15) is 52.5 Å². The number of amides is 3. The number of halogens is 2. The van der Waals surface area contributed by atoms with Gasteiger partial charge in [0.05, 0.1) is 21.9 Å². The average molecular weight is 644 g/mol. The van der Waals surface area contributed by atoms with E-state index >= 15 is 0 Å². The predicted octanol–water partition coefficient (Wildman–Crippen LogP) is 5.73. The van der Waals surface area contributed by atoms with E-state index in [1.54, 1.807) is 12.1 Å². The molecule has 1 saturated carbocycles. The molecule has 0 spiro atoms. The highest BCUT2D eigenvalue weighted by Crippen LogP contribution is 2.41. The molecular weight excluding hydrogens is 615 g/mol. The van der Waals surface area contributed by atoms with Gasteiger partial charge < -0.3 is 4.18 Å². The third-order valence-corrected chi connectivity index (χ3v) is 9.79. The molecule has 224 valence electrons. The third kappa shape index (κ3) is 6.32. The van der Waals surface area contributed by atoms with Gasteiger partial charge in [0.1, 0.15) is 17.2 Å². The summed E-state index contributed by atoms with van der Waals surface area (Å²) in [6.45, 7) is 3.21. The van der Waals surface area contributed by atoms with Crippen molar-refractivity contribution in [2.24, 2.45) is 17.8 Å². The van der Waals surface area contributed by atoms with Gasteiger partial charge in [-0.3, -0.25) is 19.2 Å². The van der Waals surface area contributed by atoms with Crippen LogP contribution in [0.15, 0.2) is 71.6 Å². The Hall–Kier alpha value is -3.73. The van der Waals surface area contributed by atoms with Crippen LogP contribution < -0.4 is 4.18 Å². The van der Waals surface area contributed by atoms with Crippen molar-refractivity contribution in [1.29, 1.82) is 0 Å². The first-order chi connectivity index (χ1) is 20.4. The highest BCUT2D eigenvalue weighted by atomic mass is 35.5. The van der Waals surface area contributed by atoms with Crippen molar-refractivity contribution in [3.63, 3.8) is 0 Å². The molecule has 9 nitrogen and oxygen atoms in total. The van der Waals surface area contributed by atoms with Gasteiger partial charge in [0.2, 0.25) is 0 Å².